The van der Waals surface area contributed by atoms with Crippen LogP contribution in [0.25, 0.3) is 0 Å². The first-order chi connectivity index (χ1) is 9.90. The number of nitrogens with zero attached hydrogens (tertiary/aromatic N) is 1. The largest absolute Gasteiger partial charge is 0.522 e. The molecule has 8 heteroatoms. The van der Waals surface area contributed by atoms with Crippen molar-refractivity contribution in [2.75, 3.05) is 6.61 Å². The minimum Gasteiger partial charge on any atom is -0.443 e. The second-order valence-corrected chi connectivity index (χ2v) is 5.61. The van der Waals surface area contributed by atoms with Gasteiger partial charge in [-0.1, -0.05) is 0 Å². The van der Waals surface area contributed by atoms with Crippen LogP contribution < -0.4 is 5.73 Å². The molecule has 1 aromatic rings. The van der Waals surface area contributed by atoms with Crippen molar-refractivity contribution < 1.29 is 27.1 Å². The number of nitrogens with two attached hydrogens (primary N) is 1. The van der Waals surface area contributed by atoms with Crippen LogP contribution in [0.4, 0.5) is 13.2 Å². The van der Waals surface area contributed by atoms with Gasteiger partial charge < -0.3 is 14.9 Å². The summed E-state index contributed by atoms with van der Waals surface area (Å²) < 4.78 is 51.3. The van der Waals surface area contributed by atoms with Gasteiger partial charge in [-0.25, -0.2) is 4.98 Å². The second-order valence-electron chi connectivity index (χ2n) is 5.61. The fourth-order valence-electron chi connectivity index (χ4n) is 2.69. The lowest BCUT2D eigenvalue weighted by Crippen LogP contribution is -2.34. The quantitative estimate of drug-likeness (QED) is 0.929. The molecule has 5 nitrogen and oxygen atoms in total. The van der Waals surface area contributed by atoms with Crippen molar-refractivity contribution in [2.45, 2.75) is 56.2 Å². The van der Waals surface area contributed by atoms with Gasteiger partial charge in [0, 0.05) is 12.0 Å². The van der Waals surface area contributed by atoms with E-state index in [0.29, 0.717) is 31.1 Å². The summed E-state index contributed by atoms with van der Waals surface area (Å²) in [7, 11) is 0. The predicted octanol–water partition coefficient (Wildman–Crippen LogP) is 2.64. The van der Waals surface area contributed by atoms with Crippen LogP contribution in [0.3, 0.4) is 0 Å². The van der Waals surface area contributed by atoms with Crippen LogP contribution in [0.15, 0.2) is 10.6 Å². The van der Waals surface area contributed by atoms with Crippen molar-refractivity contribution in [2.24, 2.45) is 5.73 Å². The molecule has 0 aromatic carbocycles. The normalized spacial score (nSPS) is 33.7. The summed E-state index contributed by atoms with van der Waals surface area (Å²) in [6.07, 6.45) is -1.82. The van der Waals surface area contributed by atoms with E-state index in [1.54, 1.807) is 6.20 Å². The fourth-order valence-corrected chi connectivity index (χ4v) is 2.69. The number of hydrogen-bond acceptors (Lipinski definition) is 5. The van der Waals surface area contributed by atoms with Crippen molar-refractivity contribution in [1.29, 1.82) is 0 Å². The Morgan fingerprint density at radius 2 is 2.05 bits per heavy atom. The summed E-state index contributed by atoms with van der Waals surface area (Å²) in [4.78, 5) is 4.17. The molecule has 0 radical (unpaired) electrons. The predicted molar refractivity (Wildman–Crippen MR) is 65.3 cm³/mol. The SMILES string of the molecule is N[C@@H]1CC[C@@H](c2ncc([C@H]3C[C@@H](OC(F)(F)F)C3)o2)OC1. The Labute approximate surface area is 119 Å². The maximum Gasteiger partial charge on any atom is 0.522 e. The number of rotatable bonds is 3. The van der Waals surface area contributed by atoms with Gasteiger partial charge in [0.25, 0.3) is 0 Å². The van der Waals surface area contributed by atoms with Crippen LogP contribution in [0.5, 0.6) is 0 Å². The van der Waals surface area contributed by atoms with E-state index in [4.69, 9.17) is 14.9 Å². The maximum absolute atomic E-state index is 12.1. The highest BCUT2D eigenvalue weighted by Gasteiger charge is 2.42. The van der Waals surface area contributed by atoms with Crippen LogP contribution in [-0.4, -0.2) is 30.1 Å². The third-order valence-corrected chi connectivity index (χ3v) is 3.93. The highest BCUT2D eigenvalue weighted by Crippen LogP contribution is 2.42. The van der Waals surface area contributed by atoms with Crippen LogP contribution in [-0.2, 0) is 9.47 Å². The minimum atomic E-state index is -4.57. The van der Waals surface area contributed by atoms with E-state index in [1.165, 1.54) is 0 Å². The summed E-state index contributed by atoms with van der Waals surface area (Å²) >= 11 is 0. The summed E-state index contributed by atoms with van der Waals surface area (Å²) in [5.74, 6) is 1.02. The zero-order chi connectivity index (χ0) is 15.0. The molecule has 118 valence electrons. The summed E-state index contributed by atoms with van der Waals surface area (Å²) in [6, 6.07) is 0.0441. The molecule has 2 atom stereocenters. The van der Waals surface area contributed by atoms with Crippen molar-refractivity contribution >= 4 is 0 Å². The third-order valence-electron chi connectivity index (χ3n) is 3.93. The van der Waals surface area contributed by atoms with Gasteiger partial charge in [-0.2, -0.15) is 0 Å². The lowest BCUT2D eigenvalue weighted by Gasteiger charge is -2.33. The monoisotopic (exact) mass is 306 g/mol. The third kappa shape index (κ3) is 3.56. The average Bonchev–Trinajstić information content (AvgIpc) is 2.82. The standard InChI is InChI=1S/C13H17F3N2O3/c14-13(15,16)21-9-3-7(4-9)11-5-18-12(20-11)10-2-1-8(17)6-19-10/h5,7-10H,1-4,6,17H2/t7-,8-,9+,10+/m1/s1. The smallest absolute Gasteiger partial charge is 0.443 e. The van der Waals surface area contributed by atoms with E-state index in [-0.39, 0.29) is 18.1 Å². The van der Waals surface area contributed by atoms with E-state index in [2.05, 4.69) is 9.72 Å². The Kier molecular flexibility index (Phi) is 3.94. The molecule has 2 heterocycles. The number of aromatic nitrogens is 1. The van der Waals surface area contributed by atoms with E-state index in [0.717, 1.165) is 12.8 Å². The highest BCUT2D eigenvalue weighted by molar-refractivity contribution is 5.09. The van der Waals surface area contributed by atoms with E-state index >= 15 is 0 Å². The Morgan fingerprint density at radius 1 is 1.29 bits per heavy atom. The van der Waals surface area contributed by atoms with E-state index in [9.17, 15) is 13.2 Å². The van der Waals surface area contributed by atoms with Crippen LogP contribution in [0, 0.1) is 0 Å². The van der Waals surface area contributed by atoms with Gasteiger partial charge in [0.1, 0.15) is 11.9 Å². The number of hydrogen-bond donors (Lipinski definition) is 1. The van der Waals surface area contributed by atoms with Crippen LogP contribution in [0.1, 0.15) is 49.4 Å². The topological polar surface area (TPSA) is 70.5 Å². The zero-order valence-electron chi connectivity index (χ0n) is 11.3. The Hall–Kier alpha value is -1.12. The molecule has 1 aromatic heterocycles. The Bertz CT molecular complexity index is 477. The number of ether oxygens (including phenoxy) is 2. The molecule has 1 aliphatic heterocycles. The molecular weight excluding hydrogens is 289 g/mol. The molecule has 2 fully saturated rings. The molecule has 0 spiro atoms. The summed E-state index contributed by atoms with van der Waals surface area (Å²) in [5, 5.41) is 0. The first-order valence-corrected chi connectivity index (χ1v) is 6.98. The zero-order valence-corrected chi connectivity index (χ0v) is 11.3. The van der Waals surface area contributed by atoms with Crippen molar-refractivity contribution in [3.05, 3.63) is 17.8 Å². The molecule has 0 amide bonds. The number of alkyl halides is 3. The van der Waals surface area contributed by atoms with Crippen molar-refractivity contribution in [3.63, 3.8) is 0 Å². The molecule has 2 N–H and O–H groups in total. The fraction of sp³-hybridized carbons (Fsp3) is 0.769. The van der Waals surface area contributed by atoms with Gasteiger partial charge in [0.05, 0.1) is 18.9 Å². The van der Waals surface area contributed by atoms with Gasteiger partial charge in [-0.05, 0) is 25.7 Å². The first kappa shape index (κ1) is 14.8. The van der Waals surface area contributed by atoms with Crippen molar-refractivity contribution in [3.8, 4) is 0 Å². The highest BCUT2D eigenvalue weighted by atomic mass is 19.4. The van der Waals surface area contributed by atoms with Gasteiger partial charge in [-0.3, -0.25) is 4.74 Å². The summed E-state index contributed by atoms with van der Waals surface area (Å²) in [5.41, 5.74) is 5.74. The van der Waals surface area contributed by atoms with E-state index < -0.39 is 12.5 Å². The Balaban J connectivity index is 1.52. The van der Waals surface area contributed by atoms with Crippen molar-refractivity contribution in [1.82, 2.24) is 4.98 Å². The molecule has 0 unspecified atom stereocenters. The Morgan fingerprint density at radius 3 is 2.67 bits per heavy atom. The lowest BCUT2D eigenvalue weighted by atomic mass is 9.81. The molecular formula is C13H17F3N2O3. The molecule has 21 heavy (non-hydrogen) atoms. The first-order valence-electron chi connectivity index (χ1n) is 6.98. The molecule has 3 rings (SSSR count). The van der Waals surface area contributed by atoms with Gasteiger partial charge in [0.15, 0.2) is 0 Å². The van der Waals surface area contributed by atoms with Gasteiger partial charge in [0.2, 0.25) is 5.89 Å². The molecule has 1 saturated carbocycles. The molecule has 1 aliphatic carbocycles. The molecule has 2 aliphatic rings. The number of oxazole rings is 1. The average molecular weight is 306 g/mol. The van der Waals surface area contributed by atoms with Gasteiger partial charge >= 0.3 is 6.36 Å². The minimum absolute atomic E-state index is 0.0441. The number of halogens is 3. The van der Waals surface area contributed by atoms with E-state index in [1.807, 2.05) is 0 Å². The molecule has 1 saturated heterocycles. The summed E-state index contributed by atoms with van der Waals surface area (Å²) in [6.45, 7) is 0.466. The van der Waals surface area contributed by atoms with Crippen LogP contribution >= 0.6 is 0 Å². The lowest BCUT2D eigenvalue weighted by molar-refractivity contribution is -0.352. The second kappa shape index (κ2) is 5.58. The van der Waals surface area contributed by atoms with Gasteiger partial charge in [-0.15, -0.1) is 13.2 Å². The van der Waals surface area contributed by atoms with Crippen LogP contribution in [0.2, 0.25) is 0 Å². The molecule has 0 bridgehead atoms. The maximum atomic E-state index is 12.1.